The SMILES string of the molecule is Nc1ncc(-c2cccc3sccc23)cc1-c1ccc2c(c1)CCNC2=O. The van der Waals surface area contributed by atoms with Gasteiger partial charge in [-0.15, -0.1) is 11.3 Å². The Kier molecular flexibility index (Phi) is 3.69. The summed E-state index contributed by atoms with van der Waals surface area (Å²) in [5, 5.41) is 6.21. The van der Waals surface area contributed by atoms with Crippen LogP contribution in [0.2, 0.25) is 0 Å². The average molecular weight is 371 g/mol. The number of fused-ring (bicyclic) bond motifs is 2. The Balaban J connectivity index is 1.65. The molecule has 0 saturated heterocycles. The van der Waals surface area contributed by atoms with Crippen LogP contribution in [0.1, 0.15) is 15.9 Å². The highest BCUT2D eigenvalue weighted by Gasteiger charge is 2.18. The number of carbonyl (C=O) groups is 1. The molecule has 1 aliphatic rings. The number of anilines is 1. The maximum absolute atomic E-state index is 12.0. The standard InChI is InChI=1S/C22H17N3OS/c23-21-19(13-4-5-17-14(10-13)6-8-24-22(17)26)11-15(12-25-21)16-2-1-3-20-18(16)7-9-27-20/h1-5,7,9-12H,6,8H2,(H2,23,25)(H,24,26). The van der Waals surface area contributed by atoms with Gasteiger partial charge in [-0.05, 0) is 52.8 Å². The van der Waals surface area contributed by atoms with Crippen molar-refractivity contribution in [2.75, 3.05) is 12.3 Å². The maximum Gasteiger partial charge on any atom is 0.251 e. The van der Waals surface area contributed by atoms with Crippen LogP contribution in [-0.4, -0.2) is 17.4 Å². The molecule has 27 heavy (non-hydrogen) atoms. The fourth-order valence-corrected chi connectivity index (χ4v) is 4.51. The molecular formula is C22H17N3OS. The number of amides is 1. The average Bonchev–Trinajstić information content (AvgIpc) is 3.17. The summed E-state index contributed by atoms with van der Waals surface area (Å²) >= 11 is 1.73. The van der Waals surface area contributed by atoms with Gasteiger partial charge in [0.05, 0.1) is 0 Å². The Morgan fingerprint density at radius 2 is 1.93 bits per heavy atom. The Morgan fingerprint density at radius 3 is 2.85 bits per heavy atom. The monoisotopic (exact) mass is 371 g/mol. The zero-order valence-corrected chi connectivity index (χ0v) is 15.3. The van der Waals surface area contributed by atoms with Crippen LogP contribution in [0.15, 0.2) is 60.1 Å². The van der Waals surface area contributed by atoms with Gasteiger partial charge in [0, 0.05) is 39.5 Å². The molecule has 3 N–H and O–H groups in total. The molecule has 1 amide bonds. The highest BCUT2D eigenvalue weighted by Crippen LogP contribution is 2.35. The highest BCUT2D eigenvalue weighted by atomic mass is 32.1. The molecule has 0 fully saturated rings. The lowest BCUT2D eigenvalue weighted by atomic mass is 9.94. The number of nitrogens with zero attached hydrogens (tertiary/aromatic N) is 1. The molecule has 0 bridgehead atoms. The lowest BCUT2D eigenvalue weighted by Crippen LogP contribution is -2.31. The normalized spacial score (nSPS) is 13.4. The summed E-state index contributed by atoms with van der Waals surface area (Å²) in [5.74, 6) is 0.489. The van der Waals surface area contributed by atoms with Crippen LogP contribution in [-0.2, 0) is 6.42 Å². The quantitative estimate of drug-likeness (QED) is 0.545. The lowest BCUT2D eigenvalue weighted by molar-refractivity contribution is 0.0946. The summed E-state index contributed by atoms with van der Waals surface area (Å²) in [6, 6.07) is 16.4. The van der Waals surface area contributed by atoms with Gasteiger partial charge < -0.3 is 11.1 Å². The number of nitrogen functional groups attached to an aromatic ring is 1. The van der Waals surface area contributed by atoms with E-state index in [2.05, 4.69) is 52.1 Å². The van der Waals surface area contributed by atoms with Gasteiger partial charge in [0.1, 0.15) is 5.82 Å². The predicted octanol–water partition coefficient (Wildman–Crippen LogP) is 4.50. The van der Waals surface area contributed by atoms with E-state index in [0.717, 1.165) is 39.8 Å². The summed E-state index contributed by atoms with van der Waals surface area (Å²) in [6.45, 7) is 0.670. The molecule has 0 unspecified atom stereocenters. The number of nitrogens with one attached hydrogen (secondary N) is 1. The molecule has 0 saturated carbocycles. The molecule has 5 heteroatoms. The van der Waals surface area contributed by atoms with Crippen molar-refractivity contribution in [1.29, 1.82) is 0 Å². The van der Waals surface area contributed by atoms with Gasteiger partial charge in [0.15, 0.2) is 0 Å². The third-order valence-corrected chi connectivity index (χ3v) is 5.95. The summed E-state index contributed by atoms with van der Waals surface area (Å²) in [6.07, 6.45) is 2.66. The minimum absolute atomic E-state index is 0.00761. The number of benzene rings is 2. The molecule has 3 heterocycles. The van der Waals surface area contributed by atoms with Gasteiger partial charge in [-0.25, -0.2) is 4.98 Å². The number of thiophene rings is 1. The van der Waals surface area contributed by atoms with Crippen molar-refractivity contribution in [3.05, 3.63) is 71.2 Å². The van der Waals surface area contributed by atoms with Gasteiger partial charge >= 0.3 is 0 Å². The molecule has 0 spiro atoms. The van der Waals surface area contributed by atoms with Gasteiger partial charge in [-0.3, -0.25) is 4.79 Å². The Bertz CT molecular complexity index is 1200. The molecule has 0 aliphatic carbocycles. The first-order chi connectivity index (χ1) is 13.2. The summed E-state index contributed by atoms with van der Waals surface area (Å²) in [5.41, 5.74) is 12.1. The number of hydrogen-bond donors (Lipinski definition) is 2. The molecule has 4 nitrogen and oxygen atoms in total. The second-order valence-corrected chi connectivity index (χ2v) is 7.62. The second-order valence-electron chi connectivity index (χ2n) is 6.67. The molecule has 2 aromatic heterocycles. The van der Waals surface area contributed by atoms with Crippen molar-refractivity contribution in [2.24, 2.45) is 0 Å². The number of rotatable bonds is 2. The minimum Gasteiger partial charge on any atom is -0.383 e. The summed E-state index contributed by atoms with van der Waals surface area (Å²) < 4.78 is 1.26. The van der Waals surface area contributed by atoms with Gasteiger partial charge in [-0.1, -0.05) is 24.3 Å². The molecule has 0 radical (unpaired) electrons. The van der Waals surface area contributed by atoms with E-state index >= 15 is 0 Å². The summed E-state index contributed by atoms with van der Waals surface area (Å²) in [4.78, 5) is 16.4. The van der Waals surface area contributed by atoms with E-state index in [-0.39, 0.29) is 5.91 Å². The Labute approximate surface area is 160 Å². The van der Waals surface area contributed by atoms with E-state index in [9.17, 15) is 4.79 Å². The molecule has 0 atom stereocenters. The van der Waals surface area contributed by atoms with Crippen LogP contribution >= 0.6 is 11.3 Å². The third kappa shape index (κ3) is 2.67. The number of pyridine rings is 1. The van der Waals surface area contributed by atoms with Gasteiger partial charge in [-0.2, -0.15) is 0 Å². The van der Waals surface area contributed by atoms with Crippen LogP contribution in [0.3, 0.4) is 0 Å². The van der Waals surface area contributed by atoms with Crippen LogP contribution in [0.5, 0.6) is 0 Å². The van der Waals surface area contributed by atoms with E-state index in [1.54, 1.807) is 11.3 Å². The first kappa shape index (κ1) is 16.0. The lowest BCUT2D eigenvalue weighted by Gasteiger charge is -2.18. The first-order valence-corrected chi connectivity index (χ1v) is 9.72. The van der Waals surface area contributed by atoms with Crippen LogP contribution in [0.4, 0.5) is 5.82 Å². The highest BCUT2D eigenvalue weighted by molar-refractivity contribution is 7.17. The van der Waals surface area contributed by atoms with Crippen LogP contribution < -0.4 is 11.1 Å². The van der Waals surface area contributed by atoms with Crippen molar-refractivity contribution >= 4 is 33.1 Å². The number of aromatic nitrogens is 1. The largest absolute Gasteiger partial charge is 0.383 e. The van der Waals surface area contributed by atoms with Crippen LogP contribution in [0, 0.1) is 0 Å². The Hall–Kier alpha value is -3.18. The smallest absolute Gasteiger partial charge is 0.251 e. The van der Waals surface area contributed by atoms with Crippen molar-refractivity contribution in [2.45, 2.75) is 6.42 Å². The predicted molar refractivity (Wildman–Crippen MR) is 111 cm³/mol. The van der Waals surface area contributed by atoms with Crippen LogP contribution in [0.25, 0.3) is 32.3 Å². The molecule has 5 rings (SSSR count). The van der Waals surface area contributed by atoms with Crippen molar-refractivity contribution < 1.29 is 4.79 Å². The Morgan fingerprint density at radius 1 is 1.00 bits per heavy atom. The molecule has 1 aliphatic heterocycles. The molecule has 4 aromatic rings. The molecule has 2 aromatic carbocycles. The van der Waals surface area contributed by atoms with Gasteiger partial charge in [0.2, 0.25) is 0 Å². The zero-order valence-electron chi connectivity index (χ0n) is 14.5. The van der Waals surface area contributed by atoms with Crippen molar-refractivity contribution in [3.63, 3.8) is 0 Å². The van der Waals surface area contributed by atoms with Crippen molar-refractivity contribution in [1.82, 2.24) is 10.3 Å². The third-order valence-electron chi connectivity index (χ3n) is 5.07. The maximum atomic E-state index is 12.0. The second kappa shape index (κ2) is 6.21. The van der Waals surface area contributed by atoms with Crippen molar-refractivity contribution in [3.8, 4) is 22.3 Å². The molecule has 132 valence electrons. The number of nitrogens with two attached hydrogens (primary N) is 1. The first-order valence-electron chi connectivity index (χ1n) is 8.84. The van der Waals surface area contributed by atoms with Gasteiger partial charge in [0.25, 0.3) is 5.91 Å². The topological polar surface area (TPSA) is 68.0 Å². The fraction of sp³-hybridized carbons (Fsp3) is 0.0909. The van der Waals surface area contributed by atoms with E-state index < -0.39 is 0 Å². The number of carbonyl (C=O) groups excluding carboxylic acids is 1. The van der Waals surface area contributed by atoms with E-state index in [1.165, 1.54) is 10.1 Å². The minimum atomic E-state index is -0.00761. The molecular weight excluding hydrogens is 354 g/mol. The zero-order chi connectivity index (χ0) is 18.4. The fourth-order valence-electron chi connectivity index (χ4n) is 3.70. The van der Waals surface area contributed by atoms with E-state index in [0.29, 0.717) is 12.4 Å². The van der Waals surface area contributed by atoms with E-state index in [1.807, 2.05) is 18.3 Å². The summed E-state index contributed by atoms with van der Waals surface area (Å²) in [7, 11) is 0. The number of hydrogen-bond acceptors (Lipinski definition) is 4. The van der Waals surface area contributed by atoms with E-state index in [4.69, 9.17) is 5.73 Å².